The second-order valence-electron chi connectivity index (χ2n) is 5.59. The summed E-state index contributed by atoms with van der Waals surface area (Å²) in [4.78, 5) is 0. The maximum atomic E-state index is 12.5. The molecule has 0 radical (unpaired) electrons. The predicted molar refractivity (Wildman–Crippen MR) is 69.4 cm³/mol. The lowest BCUT2D eigenvalue weighted by atomic mass is 10.0. The number of nitrogens with one attached hydrogen (secondary N) is 1. The predicted octanol–water partition coefficient (Wildman–Crippen LogP) is 1.33. The molecule has 2 fully saturated rings. The fourth-order valence-corrected chi connectivity index (χ4v) is 5.27. The zero-order valence-corrected chi connectivity index (χ0v) is 11.7. The molecule has 2 atom stereocenters. The Balaban J connectivity index is 2.08. The van der Waals surface area contributed by atoms with E-state index in [1.165, 1.54) is 6.42 Å². The molecule has 0 aromatic heterocycles. The molecule has 5 heteroatoms. The van der Waals surface area contributed by atoms with Gasteiger partial charge in [-0.25, -0.2) is 8.42 Å². The Hall–Kier alpha value is -0.130. The second kappa shape index (κ2) is 5.24. The minimum absolute atomic E-state index is 0.117. The minimum Gasteiger partial charge on any atom is -0.309 e. The quantitative estimate of drug-likeness (QED) is 0.815. The fourth-order valence-electron chi connectivity index (χ4n) is 3.06. The molecule has 0 aromatic rings. The topological polar surface area (TPSA) is 49.4 Å². The van der Waals surface area contributed by atoms with Crippen molar-refractivity contribution >= 4 is 10.0 Å². The van der Waals surface area contributed by atoms with E-state index in [0.29, 0.717) is 13.1 Å². The van der Waals surface area contributed by atoms with Gasteiger partial charge < -0.3 is 5.32 Å². The number of hydrogen-bond acceptors (Lipinski definition) is 3. The molecule has 4 nitrogen and oxygen atoms in total. The van der Waals surface area contributed by atoms with Crippen molar-refractivity contribution in [2.24, 2.45) is 0 Å². The first-order valence-electron chi connectivity index (χ1n) is 6.75. The molecule has 17 heavy (non-hydrogen) atoms. The fraction of sp³-hybridized carbons (Fsp3) is 1.00. The van der Waals surface area contributed by atoms with Gasteiger partial charge in [0.1, 0.15) is 0 Å². The third-order valence-electron chi connectivity index (χ3n) is 3.86. The molecule has 0 spiro atoms. The van der Waals surface area contributed by atoms with Crippen LogP contribution in [-0.4, -0.2) is 43.1 Å². The van der Waals surface area contributed by atoms with Gasteiger partial charge in [0.2, 0.25) is 10.0 Å². The average molecular weight is 260 g/mol. The highest BCUT2D eigenvalue weighted by Crippen LogP contribution is 2.27. The summed E-state index contributed by atoms with van der Waals surface area (Å²) in [5.74, 6) is 0. The van der Waals surface area contributed by atoms with Gasteiger partial charge in [0.15, 0.2) is 0 Å². The average Bonchev–Trinajstić information content (AvgIpc) is 2.29. The molecule has 2 aliphatic rings. The van der Waals surface area contributed by atoms with E-state index >= 15 is 0 Å². The Morgan fingerprint density at radius 3 is 2.06 bits per heavy atom. The normalized spacial score (nSPS) is 33.8. The van der Waals surface area contributed by atoms with Crippen LogP contribution in [0.2, 0.25) is 0 Å². The highest BCUT2D eigenvalue weighted by Gasteiger charge is 2.36. The van der Waals surface area contributed by atoms with Gasteiger partial charge >= 0.3 is 0 Å². The van der Waals surface area contributed by atoms with Gasteiger partial charge in [-0.05, 0) is 26.7 Å². The van der Waals surface area contributed by atoms with Gasteiger partial charge in [0.25, 0.3) is 0 Å². The Kier molecular flexibility index (Phi) is 4.10. The maximum absolute atomic E-state index is 12.5. The SMILES string of the molecule is CC1CN(S(=O)(=O)C2CCCCC2)CC(C)N1. The third kappa shape index (κ3) is 3.01. The molecule has 0 bridgehead atoms. The highest BCUT2D eigenvalue weighted by molar-refractivity contribution is 7.89. The van der Waals surface area contributed by atoms with Crippen molar-refractivity contribution in [3.63, 3.8) is 0 Å². The molecule has 1 saturated heterocycles. The van der Waals surface area contributed by atoms with E-state index in [-0.39, 0.29) is 17.3 Å². The minimum atomic E-state index is -3.06. The standard InChI is InChI=1S/C12H24N2O2S/c1-10-8-14(9-11(2)13-10)17(15,16)12-6-4-3-5-7-12/h10-13H,3-9H2,1-2H3. The van der Waals surface area contributed by atoms with Crippen LogP contribution in [0.1, 0.15) is 46.0 Å². The van der Waals surface area contributed by atoms with Crippen molar-refractivity contribution in [1.29, 1.82) is 0 Å². The van der Waals surface area contributed by atoms with Crippen LogP contribution < -0.4 is 5.32 Å². The van der Waals surface area contributed by atoms with Gasteiger partial charge in [-0.2, -0.15) is 4.31 Å². The van der Waals surface area contributed by atoms with E-state index in [9.17, 15) is 8.42 Å². The van der Waals surface area contributed by atoms with Crippen LogP contribution in [-0.2, 0) is 10.0 Å². The molecule has 1 N–H and O–H groups in total. The van der Waals surface area contributed by atoms with E-state index in [1.54, 1.807) is 4.31 Å². The molecule has 2 rings (SSSR count). The summed E-state index contributed by atoms with van der Waals surface area (Å²) in [7, 11) is -3.06. The molecule has 1 heterocycles. The van der Waals surface area contributed by atoms with Gasteiger partial charge in [0.05, 0.1) is 5.25 Å². The van der Waals surface area contributed by atoms with Crippen molar-refractivity contribution in [1.82, 2.24) is 9.62 Å². The molecule has 0 aromatic carbocycles. The van der Waals surface area contributed by atoms with E-state index in [2.05, 4.69) is 19.2 Å². The summed E-state index contributed by atoms with van der Waals surface area (Å²) in [6.45, 7) is 5.37. The monoisotopic (exact) mass is 260 g/mol. The van der Waals surface area contributed by atoms with Crippen molar-refractivity contribution in [3.05, 3.63) is 0 Å². The molecular weight excluding hydrogens is 236 g/mol. The number of sulfonamides is 1. The van der Waals surface area contributed by atoms with Crippen LogP contribution in [0.4, 0.5) is 0 Å². The number of rotatable bonds is 2. The van der Waals surface area contributed by atoms with E-state index in [1.807, 2.05) is 0 Å². The first-order valence-corrected chi connectivity index (χ1v) is 8.25. The number of nitrogens with zero attached hydrogens (tertiary/aromatic N) is 1. The lowest BCUT2D eigenvalue weighted by molar-refractivity contribution is 0.258. The molecule has 2 unspecified atom stereocenters. The lowest BCUT2D eigenvalue weighted by Gasteiger charge is -2.38. The summed E-state index contributed by atoms with van der Waals surface area (Å²) < 4.78 is 26.8. The van der Waals surface area contributed by atoms with Crippen molar-refractivity contribution < 1.29 is 8.42 Å². The maximum Gasteiger partial charge on any atom is 0.217 e. The van der Waals surface area contributed by atoms with Crippen LogP contribution in [0.3, 0.4) is 0 Å². The summed E-state index contributed by atoms with van der Waals surface area (Å²) in [5, 5.41) is 3.26. The number of piperazine rings is 1. The molecule has 100 valence electrons. The molecule has 1 aliphatic carbocycles. The first kappa shape index (κ1) is 13.3. The van der Waals surface area contributed by atoms with Crippen LogP contribution in [0.15, 0.2) is 0 Å². The zero-order chi connectivity index (χ0) is 12.5. The highest BCUT2D eigenvalue weighted by atomic mass is 32.2. The summed E-state index contributed by atoms with van der Waals surface area (Å²) in [6, 6.07) is 0.522. The van der Waals surface area contributed by atoms with Crippen LogP contribution in [0, 0.1) is 0 Å². The molecular formula is C12H24N2O2S. The van der Waals surface area contributed by atoms with E-state index < -0.39 is 10.0 Å². The van der Waals surface area contributed by atoms with Crippen molar-refractivity contribution in [3.8, 4) is 0 Å². The van der Waals surface area contributed by atoms with Gasteiger partial charge in [-0.1, -0.05) is 19.3 Å². The summed E-state index contributed by atoms with van der Waals surface area (Å²) >= 11 is 0. The van der Waals surface area contributed by atoms with E-state index in [0.717, 1.165) is 25.7 Å². The van der Waals surface area contributed by atoms with Gasteiger partial charge in [0, 0.05) is 25.2 Å². The Bertz CT molecular complexity index is 340. The summed E-state index contributed by atoms with van der Waals surface area (Å²) in [6.07, 6.45) is 5.05. The third-order valence-corrected chi connectivity index (χ3v) is 6.19. The zero-order valence-electron chi connectivity index (χ0n) is 10.9. The lowest BCUT2D eigenvalue weighted by Crippen LogP contribution is -2.57. The summed E-state index contributed by atoms with van der Waals surface area (Å²) in [5.41, 5.74) is 0. The molecule has 0 amide bonds. The Labute approximate surface area is 105 Å². The molecule has 1 saturated carbocycles. The van der Waals surface area contributed by atoms with Crippen molar-refractivity contribution in [2.45, 2.75) is 63.3 Å². The van der Waals surface area contributed by atoms with Crippen molar-refractivity contribution in [2.75, 3.05) is 13.1 Å². The first-order chi connectivity index (χ1) is 8.00. The van der Waals surface area contributed by atoms with E-state index in [4.69, 9.17) is 0 Å². The largest absolute Gasteiger partial charge is 0.309 e. The van der Waals surface area contributed by atoms with Crippen LogP contribution in [0.25, 0.3) is 0 Å². The Morgan fingerprint density at radius 1 is 1.00 bits per heavy atom. The van der Waals surface area contributed by atoms with Crippen LogP contribution >= 0.6 is 0 Å². The van der Waals surface area contributed by atoms with Crippen LogP contribution in [0.5, 0.6) is 0 Å². The number of hydrogen-bond donors (Lipinski definition) is 1. The van der Waals surface area contributed by atoms with Gasteiger partial charge in [-0.15, -0.1) is 0 Å². The smallest absolute Gasteiger partial charge is 0.217 e. The molecule has 1 aliphatic heterocycles. The Morgan fingerprint density at radius 2 is 1.53 bits per heavy atom. The van der Waals surface area contributed by atoms with Gasteiger partial charge in [-0.3, -0.25) is 0 Å². The second-order valence-corrected chi connectivity index (χ2v) is 7.80.